The number of hydrogen-bond donors (Lipinski definition) is 1. The van der Waals surface area contributed by atoms with E-state index in [0.717, 1.165) is 0 Å². The molecule has 0 saturated carbocycles. The van der Waals surface area contributed by atoms with Crippen molar-refractivity contribution in [3.05, 3.63) is 33.8 Å². The maximum Gasteiger partial charge on any atom is 0.330 e. The highest BCUT2D eigenvalue weighted by Crippen LogP contribution is 2.31. The summed E-state index contributed by atoms with van der Waals surface area (Å²) >= 11 is 12.1. The van der Waals surface area contributed by atoms with Crippen LogP contribution in [0, 0.1) is 0 Å². The molecule has 0 bridgehead atoms. The van der Waals surface area contributed by atoms with Gasteiger partial charge in [-0.15, -0.1) is 0 Å². The van der Waals surface area contributed by atoms with E-state index in [-0.39, 0.29) is 5.97 Å². The molecule has 100 valence electrons. The van der Waals surface area contributed by atoms with Gasteiger partial charge in [0, 0.05) is 15.6 Å². The van der Waals surface area contributed by atoms with Gasteiger partial charge in [0.15, 0.2) is 0 Å². The highest BCUT2D eigenvalue weighted by atomic mass is 35.5. The van der Waals surface area contributed by atoms with Crippen molar-refractivity contribution in [3.63, 3.8) is 0 Å². The van der Waals surface area contributed by atoms with Gasteiger partial charge < -0.3 is 4.74 Å². The lowest BCUT2D eigenvalue weighted by Crippen LogP contribution is -2.47. The molecule has 1 unspecified atom stereocenters. The fourth-order valence-electron chi connectivity index (χ4n) is 1.79. The first kappa shape index (κ1) is 15.3. The van der Waals surface area contributed by atoms with Gasteiger partial charge in [0.2, 0.25) is 0 Å². The third-order valence-corrected chi connectivity index (χ3v) is 3.25. The smallest absolute Gasteiger partial charge is 0.330 e. The van der Waals surface area contributed by atoms with Gasteiger partial charge in [0.1, 0.15) is 5.54 Å². The van der Waals surface area contributed by atoms with E-state index in [1.165, 1.54) is 0 Å². The van der Waals surface area contributed by atoms with Crippen LogP contribution in [0.4, 0.5) is 0 Å². The molecular weight excluding hydrogens is 273 g/mol. The number of halogens is 2. The minimum atomic E-state index is -0.993. The average molecular weight is 290 g/mol. The molecule has 0 fully saturated rings. The third kappa shape index (κ3) is 3.16. The molecular formula is C13H17Cl2NO2. The Balaban J connectivity index is 3.25. The number of benzene rings is 1. The van der Waals surface area contributed by atoms with Crippen molar-refractivity contribution < 1.29 is 9.53 Å². The maximum absolute atomic E-state index is 12.1. The van der Waals surface area contributed by atoms with Gasteiger partial charge in [-0.1, -0.05) is 30.1 Å². The lowest BCUT2D eigenvalue weighted by molar-refractivity contribution is -0.151. The minimum Gasteiger partial charge on any atom is -0.464 e. The second-order valence-corrected chi connectivity index (χ2v) is 4.84. The molecule has 0 aliphatic heterocycles. The highest BCUT2D eigenvalue weighted by molar-refractivity contribution is 6.33. The van der Waals surface area contributed by atoms with Crippen molar-refractivity contribution >= 4 is 29.2 Å². The first-order chi connectivity index (χ1) is 8.45. The fraction of sp³-hybridized carbons (Fsp3) is 0.462. The van der Waals surface area contributed by atoms with Crippen LogP contribution in [0.3, 0.4) is 0 Å². The van der Waals surface area contributed by atoms with Crippen molar-refractivity contribution in [2.75, 3.05) is 13.2 Å². The number of carbonyl (C=O) groups excluding carboxylic acids is 1. The summed E-state index contributed by atoms with van der Waals surface area (Å²) in [6.45, 7) is 6.35. The second-order valence-electron chi connectivity index (χ2n) is 4.00. The second kappa shape index (κ2) is 6.41. The predicted octanol–water partition coefficient (Wildman–Crippen LogP) is 3.38. The van der Waals surface area contributed by atoms with Crippen LogP contribution < -0.4 is 5.32 Å². The Morgan fingerprint density at radius 1 is 1.39 bits per heavy atom. The molecule has 0 aromatic heterocycles. The normalized spacial score (nSPS) is 14.1. The van der Waals surface area contributed by atoms with Crippen molar-refractivity contribution in [3.8, 4) is 0 Å². The van der Waals surface area contributed by atoms with Crippen LogP contribution in [0.1, 0.15) is 26.3 Å². The zero-order chi connectivity index (χ0) is 13.8. The molecule has 5 heteroatoms. The molecule has 0 amide bonds. The molecule has 0 spiro atoms. The predicted molar refractivity (Wildman–Crippen MR) is 74.1 cm³/mol. The molecule has 1 aromatic carbocycles. The standard InChI is InChI=1S/C13H17Cl2NO2/c1-4-16-13(3,12(17)18-5-2)10-8-9(14)6-7-11(10)15/h6-8,16H,4-5H2,1-3H3. The molecule has 3 nitrogen and oxygen atoms in total. The Bertz CT molecular complexity index is 437. The van der Waals surface area contributed by atoms with E-state index in [0.29, 0.717) is 28.8 Å². The molecule has 1 atom stereocenters. The van der Waals surface area contributed by atoms with E-state index < -0.39 is 5.54 Å². The molecule has 1 N–H and O–H groups in total. The van der Waals surface area contributed by atoms with Crippen molar-refractivity contribution in [2.45, 2.75) is 26.3 Å². The van der Waals surface area contributed by atoms with E-state index >= 15 is 0 Å². The Morgan fingerprint density at radius 2 is 2.06 bits per heavy atom. The van der Waals surface area contributed by atoms with Gasteiger partial charge in [-0.2, -0.15) is 0 Å². The van der Waals surface area contributed by atoms with Gasteiger partial charge in [0.05, 0.1) is 6.61 Å². The van der Waals surface area contributed by atoms with Crippen LogP contribution in [0.25, 0.3) is 0 Å². The Hall–Kier alpha value is -0.770. The summed E-state index contributed by atoms with van der Waals surface area (Å²) in [6, 6.07) is 5.04. The van der Waals surface area contributed by atoms with Crippen LogP contribution in [0.15, 0.2) is 18.2 Å². The zero-order valence-corrected chi connectivity index (χ0v) is 12.2. The number of rotatable bonds is 5. The van der Waals surface area contributed by atoms with Crippen LogP contribution in [-0.2, 0) is 15.1 Å². The quantitative estimate of drug-likeness (QED) is 0.845. The number of hydrogen-bond acceptors (Lipinski definition) is 3. The topological polar surface area (TPSA) is 38.3 Å². The molecule has 1 rings (SSSR count). The van der Waals surface area contributed by atoms with E-state index in [1.807, 2.05) is 6.92 Å². The van der Waals surface area contributed by atoms with Crippen LogP contribution in [-0.4, -0.2) is 19.1 Å². The summed E-state index contributed by atoms with van der Waals surface area (Å²) in [5.41, 5.74) is -0.371. The van der Waals surface area contributed by atoms with Crippen LogP contribution >= 0.6 is 23.2 Å². The minimum absolute atomic E-state index is 0.317. The summed E-state index contributed by atoms with van der Waals surface area (Å²) in [4.78, 5) is 12.1. The van der Waals surface area contributed by atoms with Gasteiger partial charge >= 0.3 is 5.97 Å². The summed E-state index contributed by atoms with van der Waals surface area (Å²) in [7, 11) is 0. The summed E-state index contributed by atoms with van der Waals surface area (Å²) in [5.74, 6) is -0.365. The van der Waals surface area contributed by atoms with Crippen molar-refractivity contribution in [1.29, 1.82) is 0 Å². The van der Waals surface area contributed by atoms with Crippen LogP contribution in [0.5, 0.6) is 0 Å². The van der Waals surface area contributed by atoms with Gasteiger partial charge in [-0.3, -0.25) is 5.32 Å². The maximum atomic E-state index is 12.1. The number of esters is 1. The number of nitrogens with one attached hydrogen (secondary N) is 1. The van der Waals surface area contributed by atoms with E-state index in [9.17, 15) is 4.79 Å². The molecule has 1 aromatic rings. The largest absolute Gasteiger partial charge is 0.464 e. The van der Waals surface area contributed by atoms with Gasteiger partial charge in [0.25, 0.3) is 0 Å². The SMILES string of the molecule is CCNC(C)(C(=O)OCC)c1cc(Cl)ccc1Cl. The molecule has 0 radical (unpaired) electrons. The van der Waals surface area contributed by atoms with Crippen molar-refractivity contribution in [2.24, 2.45) is 0 Å². The number of carbonyl (C=O) groups is 1. The Morgan fingerprint density at radius 3 is 2.61 bits per heavy atom. The molecule has 0 aliphatic carbocycles. The van der Waals surface area contributed by atoms with E-state index in [2.05, 4.69) is 5.32 Å². The fourth-order valence-corrected chi connectivity index (χ4v) is 2.27. The van der Waals surface area contributed by atoms with E-state index in [1.54, 1.807) is 32.0 Å². The van der Waals surface area contributed by atoms with Crippen molar-refractivity contribution in [1.82, 2.24) is 5.32 Å². The first-order valence-electron chi connectivity index (χ1n) is 5.83. The molecule has 0 aliphatic rings. The molecule has 18 heavy (non-hydrogen) atoms. The Kier molecular flexibility index (Phi) is 5.45. The highest BCUT2D eigenvalue weighted by Gasteiger charge is 2.37. The van der Waals surface area contributed by atoms with E-state index in [4.69, 9.17) is 27.9 Å². The Labute approximate surface area is 117 Å². The van der Waals surface area contributed by atoms with Gasteiger partial charge in [-0.25, -0.2) is 4.79 Å². The van der Waals surface area contributed by atoms with Crippen LogP contribution in [0.2, 0.25) is 10.0 Å². The summed E-state index contributed by atoms with van der Waals surface area (Å²) < 4.78 is 5.11. The molecule has 0 saturated heterocycles. The first-order valence-corrected chi connectivity index (χ1v) is 6.59. The lowest BCUT2D eigenvalue weighted by Gasteiger charge is -2.29. The third-order valence-electron chi connectivity index (χ3n) is 2.68. The van der Waals surface area contributed by atoms with Gasteiger partial charge in [-0.05, 0) is 38.6 Å². The number of ether oxygens (including phenoxy) is 1. The molecule has 0 heterocycles. The number of likely N-dealkylation sites (N-methyl/N-ethyl adjacent to an activating group) is 1. The monoisotopic (exact) mass is 289 g/mol. The average Bonchev–Trinajstić information content (AvgIpc) is 2.32. The summed E-state index contributed by atoms with van der Waals surface area (Å²) in [5, 5.41) is 4.12. The lowest BCUT2D eigenvalue weighted by atomic mass is 9.92. The zero-order valence-electron chi connectivity index (χ0n) is 10.7. The summed E-state index contributed by atoms with van der Waals surface area (Å²) in [6.07, 6.45) is 0.